The van der Waals surface area contributed by atoms with Gasteiger partial charge in [-0.25, -0.2) is 8.42 Å². The first kappa shape index (κ1) is 20.1. The maximum absolute atomic E-state index is 13.4. The standard InChI is InChI=1S/C23H28N2O3S/c1-17-10-12-20(13-11-17)29(27,28)24-14-4-7-19(16-24)23(26)25-15-5-8-21-18(2)6-3-9-22(21)25/h3,6,9-13,19H,4-5,7-8,14-16H2,1-2H3. The smallest absolute Gasteiger partial charge is 0.243 e. The van der Waals surface area contributed by atoms with E-state index in [9.17, 15) is 13.2 Å². The van der Waals surface area contributed by atoms with Crippen LogP contribution in [-0.4, -0.2) is 38.3 Å². The summed E-state index contributed by atoms with van der Waals surface area (Å²) in [4.78, 5) is 15.6. The average molecular weight is 413 g/mol. The highest BCUT2D eigenvalue weighted by molar-refractivity contribution is 7.89. The van der Waals surface area contributed by atoms with Crippen LogP contribution in [0.25, 0.3) is 0 Å². The number of nitrogens with zero attached hydrogens (tertiary/aromatic N) is 2. The molecule has 2 heterocycles. The molecule has 154 valence electrons. The molecule has 0 aromatic heterocycles. The minimum absolute atomic E-state index is 0.0559. The molecule has 2 aromatic carbocycles. The molecule has 1 unspecified atom stereocenters. The van der Waals surface area contributed by atoms with E-state index in [4.69, 9.17) is 0 Å². The highest BCUT2D eigenvalue weighted by Gasteiger charge is 2.36. The summed E-state index contributed by atoms with van der Waals surface area (Å²) in [7, 11) is -3.58. The van der Waals surface area contributed by atoms with Crippen LogP contribution in [0.1, 0.15) is 36.0 Å². The predicted molar refractivity (Wildman–Crippen MR) is 115 cm³/mol. The SMILES string of the molecule is Cc1ccc(S(=O)(=O)N2CCCC(C(=O)N3CCCc4c(C)cccc43)C2)cc1. The minimum atomic E-state index is -3.58. The fraction of sp³-hybridized carbons (Fsp3) is 0.435. The third-order valence-corrected chi connectivity index (χ3v) is 8.02. The summed E-state index contributed by atoms with van der Waals surface area (Å²) in [5, 5.41) is 0. The molecular formula is C23H28N2O3S. The van der Waals surface area contributed by atoms with Gasteiger partial charge in [0.15, 0.2) is 0 Å². The Labute approximate surface area is 173 Å². The van der Waals surface area contributed by atoms with Crippen molar-refractivity contribution in [2.75, 3.05) is 24.5 Å². The topological polar surface area (TPSA) is 57.7 Å². The van der Waals surface area contributed by atoms with Gasteiger partial charge in [0.2, 0.25) is 15.9 Å². The molecule has 2 aliphatic heterocycles. The monoisotopic (exact) mass is 412 g/mol. The van der Waals surface area contributed by atoms with Crippen LogP contribution < -0.4 is 4.90 Å². The summed E-state index contributed by atoms with van der Waals surface area (Å²) in [6.07, 6.45) is 3.37. The van der Waals surface area contributed by atoms with Crippen molar-refractivity contribution < 1.29 is 13.2 Å². The van der Waals surface area contributed by atoms with Crippen LogP contribution in [0.4, 0.5) is 5.69 Å². The molecule has 2 aliphatic rings. The van der Waals surface area contributed by atoms with Crippen LogP contribution in [0.5, 0.6) is 0 Å². The molecule has 1 amide bonds. The van der Waals surface area contributed by atoms with E-state index >= 15 is 0 Å². The normalized spacial score (nSPS) is 20.3. The first-order valence-electron chi connectivity index (χ1n) is 10.3. The lowest BCUT2D eigenvalue weighted by atomic mass is 9.93. The number of fused-ring (bicyclic) bond motifs is 1. The highest BCUT2D eigenvalue weighted by atomic mass is 32.2. The van der Waals surface area contributed by atoms with Gasteiger partial charge >= 0.3 is 0 Å². The van der Waals surface area contributed by atoms with Gasteiger partial charge in [-0.15, -0.1) is 0 Å². The number of carbonyl (C=O) groups excluding carboxylic acids is 1. The predicted octanol–water partition coefficient (Wildman–Crippen LogP) is 3.68. The molecule has 0 N–H and O–H groups in total. The van der Waals surface area contributed by atoms with Crippen LogP contribution in [0.2, 0.25) is 0 Å². The summed E-state index contributed by atoms with van der Waals surface area (Å²) < 4.78 is 27.7. The minimum Gasteiger partial charge on any atom is -0.312 e. The lowest BCUT2D eigenvalue weighted by Crippen LogP contribution is -2.48. The molecule has 0 bridgehead atoms. The lowest BCUT2D eigenvalue weighted by Gasteiger charge is -2.37. The number of hydrogen-bond donors (Lipinski definition) is 0. The summed E-state index contributed by atoms with van der Waals surface area (Å²) in [6.45, 7) is 5.45. The third-order valence-electron chi connectivity index (χ3n) is 6.14. The van der Waals surface area contributed by atoms with Gasteiger partial charge in [0.1, 0.15) is 0 Å². The Morgan fingerprint density at radius 3 is 2.52 bits per heavy atom. The van der Waals surface area contributed by atoms with E-state index in [1.54, 1.807) is 12.1 Å². The zero-order valence-electron chi connectivity index (χ0n) is 17.1. The molecule has 6 heteroatoms. The Kier molecular flexibility index (Phi) is 5.49. The number of piperidine rings is 1. The van der Waals surface area contributed by atoms with Crippen LogP contribution >= 0.6 is 0 Å². The number of amides is 1. The zero-order valence-corrected chi connectivity index (χ0v) is 17.9. The first-order valence-corrected chi connectivity index (χ1v) is 11.8. The van der Waals surface area contributed by atoms with Gasteiger partial charge in [0.25, 0.3) is 0 Å². The second kappa shape index (κ2) is 7.92. The molecule has 0 spiro atoms. The maximum atomic E-state index is 13.4. The van der Waals surface area contributed by atoms with E-state index in [1.165, 1.54) is 15.4 Å². The van der Waals surface area contributed by atoms with Crippen molar-refractivity contribution in [1.82, 2.24) is 4.31 Å². The Hall–Kier alpha value is -2.18. The van der Waals surface area contributed by atoms with Gasteiger partial charge in [0.05, 0.1) is 10.8 Å². The quantitative estimate of drug-likeness (QED) is 0.773. The third kappa shape index (κ3) is 3.83. The molecule has 1 atom stereocenters. The molecule has 0 saturated carbocycles. The van der Waals surface area contributed by atoms with E-state index in [-0.39, 0.29) is 18.4 Å². The van der Waals surface area contributed by atoms with Crippen molar-refractivity contribution in [3.8, 4) is 0 Å². The molecule has 1 fully saturated rings. The van der Waals surface area contributed by atoms with Gasteiger partial charge < -0.3 is 4.90 Å². The fourth-order valence-electron chi connectivity index (χ4n) is 4.47. The number of sulfonamides is 1. The number of carbonyl (C=O) groups is 1. The van der Waals surface area contributed by atoms with Crippen molar-refractivity contribution in [2.24, 2.45) is 5.92 Å². The Morgan fingerprint density at radius 2 is 1.76 bits per heavy atom. The van der Waals surface area contributed by atoms with Gasteiger partial charge in [-0.2, -0.15) is 4.31 Å². The van der Waals surface area contributed by atoms with Crippen molar-refractivity contribution in [3.63, 3.8) is 0 Å². The van der Waals surface area contributed by atoms with Crippen molar-refractivity contribution in [1.29, 1.82) is 0 Å². The van der Waals surface area contributed by atoms with E-state index in [1.807, 2.05) is 36.1 Å². The number of benzene rings is 2. The maximum Gasteiger partial charge on any atom is 0.243 e. The van der Waals surface area contributed by atoms with E-state index in [2.05, 4.69) is 13.0 Å². The fourth-order valence-corrected chi connectivity index (χ4v) is 5.99. The molecule has 4 rings (SSSR count). The molecule has 0 aliphatic carbocycles. The van der Waals surface area contributed by atoms with Crippen LogP contribution in [0.15, 0.2) is 47.4 Å². The van der Waals surface area contributed by atoms with Gasteiger partial charge in [-0.3, -0.25) is 4.79 Å². The van der Waals surface area contributed by atoms with Crippen molar-refractivity contribution >= 4 is 21.6 Å². The van der Waals surface area contributed by atoms with E-state index in [0.717, 1.165) is 30.5 Å². The van der Waals surface area contributed by atoms with Crippen LogP contribution in [-0.2, 0) is 21.2 Å². The van der Waals surface area contributed by atoms with Crippen molar-refractivity contribution in [3.05, 3.63) is 59.2 Å². The second-order valence-electron chi connectivity index (χ2n) is 8.18. The number of anilines is 1. The Morgan fingerprint density at radius 1 is 1.00 bits per heavy atom. The van der Waals surface area contributed by atoms with Crippen molar-refractivity contribution in [2.45, 2.75) is 44.4 Å². The molecule has 0 radical (unpaired) electrons. The zero-order chi connectivity index (χ0) is 20.6. The molecule has 29 heavy (non-hydrogen) atoms. The largest absolute Gasteiger partial charge is 0.312 e. The molecular weight excluding hydrogens is 384 g/mol. The van der Waals surface area contributed by atoms with Crippen LogP contribution in [0.3, 0.4) is 0 Å². The average Bonchev–Trinajstić information content (AvgIpc) is 2.73. The lowest BCUT2D eigenvalue weighted by molar-refractivity contribution is -0.123. The summed E-state index contributed by atoms with van der Waals surface area (Å²) >= 11 is 0. The molecule has 5 nitrogen and oxygen atoms in total. The summed E-state index contributed by atoms with van der Waals surface area (Å²) in [5.74, 6) is -0.240. The van der Waals surface area contributed by atoms with Gasteiger partial charge in [0, 0.05) is 25.3 Å². The summed E-state index contributed by atoms with van der Waals surface area (Å²) in [5.41, 5.74) is 4.48. The molecule has 2 aromatic rings. The first-order chi connectivity index (χ1) is 13.9. The van der Waals surface area contributed by atoms with Gasteiger partial charge in [-0.05, 0) is 68.9 Å². The Balaban J connectivity index is 1.56. The number of hydrogen-bond acceptors (Lipinski definition) is 3. The van der Waals surface area contributed by atoms with E-state index < -0.39 is 10.0 Å². The second-order valence-corrected chi connectivity index (χ2v) is 10.1. The highest BCUT2D eigenvalue weighted by Crippen LogP contribution is 2.33. The molecule has 1 saturated heterocycles. The van der Waals surface area contributed by atoms with Gasteiger partial charge in [-0.1, -0.05) is 29.8 Å². The summed E-state index contributed by atoms with van der Waals surface area (Å²) in [6, 6.07) is 13.0. The number of aryl methyl sites for hydroxylation is 2. The van der Waals surface area contributed by atoms with E-state index in [0.29, 0.717) is 24.4 Å². The number of rotatable bonds is 3. The Bertz CT molecular complexity index is 1010. The van der Waals surface area contributed by atoms with Crippen LogP contribution in [0, 0.1) is 19.8 Å².